The molecule has 0 aliphatic heterocycles. The number of carboxylic acids is 1. The predicted octanol–water partition coefficient (Wildman–Crippen LogP) is 0.258. The first kappa shape index (κ1) is 12.9. The zero-order valence-electron chi connectivity index (χ0n) is 8.32. The largest absolute Gasteiger partial charge is 0.481 e. The van der Waals surface area contributed by atoms with Crippen LogP contribution in [0.1, 0.15) is 39.0 Å². The van der Waals surface area contributed by atoms with Crippen LogP contribution >= 0.6 is 0 Å². The second-order valence-electron chi connectivity index (χ2n) is 3.42. The molecular weight excluding hydrogens is 186 g/mol. The maximum absolute atomic E-state index is 10.9. The average molecular weight is 203 g/mol. The standard InChI is InChI=1S/C9H17NO4/c1-2-3-4-5-9(14,8(10)13)6-7(11)12/h14H,2-6H2,1H3,(H2,10,13)(H,11,12). The fraction of sp³-hybridized carbons (Fsp3) is 0.778. The minimum absolute atomic E-state index is 0.114. The Hall–Kier alpha value is -1.10. The highest BCUT2D eigenvalue weighted by Crippen LogP contribution is 2.18. The van der Waals surface area contributed by atoms with E-state index in [0.29, 0.717) is 6.42 Å². The number of aliphatic carboxylic acids is 1. The van der Waals surface area contributed by atoms with Gasteiger partial charge in [-0.1, -0.05) is 26.2 Å². The van der Waals surface area contributed by atoms with Crippen molar-refractivity contribution in [2.75, 3.05) is 0 Å². The molecule has 1 atom stereocenters. The molecule has 0 fully saturated rings. The summed E-state index contributed by atoms with van der Waals surface area (Å²) in [6.07, 6.45) is 1.87. The summed E-state index contributed by atoms with van der Waals surface area (Å²) in [4.78, 5) is 21.2. The number of carboxylic acid groups (broad SMARTS) is 1. The van der Waals surface area contributed by atoms with Crippen LogP contribution in [0.25, 0.3) is 0 Å². The van der Waals surface area contributed by atoms with E-state index in [9.17, 15) is 14.7 Å². The van der Waals surface area contributed by atoms with Gasteiger partial charge in [-0.05, 0) is 6.42 Å². The third-order valence-electron chi connectivity index (χ3n) is 2.10. The fourth-order valence-electron chi connectivity index (χ4n) is 1.22. The van der Waals surface area contributed by atoms with Crippen molar-refractivity contribution < 1.29 is 19.8 Å². The lowest BCUT2D eigenvalue weighted by Crippen LogP contribution is -2.45. The van der Waals surface area contributed by atoms with Gasteiger partial charge in [0.2, 0.25) is 5.91 Å². The molecule has 0 radical (unpaired) electrons. The summed E-state index contributed by atoms with van der Waals surface area (Å²) in [5.41, 5.74) is 3.06. The predicted molar refractivity (Wildman–Crippen MR) is 50.5 cm³/mol. The van der Waals surface area contributed by atoms with E-state index < -0.39 is 23.9 Å². The van der Waals surface area contributed by atoms with Crippen molar-refractivity contribution in [2.45, 2.75) is 44.6 Å². The van der Waals surface area contributed by atoms with Crippen LogP contribution < -0.4 is 5.73 Å². The zero-order chi connectivity index (χ0) is 11.2. The molecule has 0 heterocycles. The minimum atomic E-state index is -1.89. The summed E-state index contributed by atoms with van der Waals surface area (Å²) in [5.74, 6) is -2.18. The number of carbonyl (C=O) groups is 2. The van der Waals surface area contributed by atoms with Crippen molar-refractivity contribution in [3.05, 3.63) is 0 Å². The molecular formula is C9H17NO4. The smallest absolute Gasteiger partial charge is 0.306 e. The van der Waals surface area contributed by atoms with Crippen LogP contribution in [0.4, 0.5) is 0 Å². The molecule has 0 rings (SSSR count). The Labute approximate surface area is 82.9 Å². The SMILES string of the molecule is CCCCCC(O)(CC(=O)O)C(N)=O. The number of amides is 1. The molecule has 0 saturated heterocycles. The molecule has 0 spiro atoms. The van der Waals surface area contributed by atoms with Crippen molar-refractivity contribution in [3.63, 3.8) is 0 Å². The molecule has 0 bridgehead atoms. The maximum atomic E-state index is 10.9. The summed E-state index contributed by atoms with van der Waals surface area (Å²) in [7, 11) is 0. The van der Waals surface area contributed by atoms with Gasteiger partial charge in [-0.15, -0.1) is 0 Å². The second-order valence-corrected chi connectivity index (χ2v) is 3.42. The van der Waals surface area contributed by atoms with Gasteiger partial charge in [-0.25, -0.2) is 0 Å². The lowest BCUT2D eigenvalue weighted by atomic mass is 9.92. The zero-order valence-corrected chi connectivity index (χ0v) is 8.32. The monoisotopic (exact) mass is 203 g/mol. The Balaban J connectivity index is 4.24. The molecule has 0 aliphatic rings. The van der Waals surface area contributed by atoms with E-state index in [2.05, 4.69) is 0 Å². The van der Waals surface area contributed by atoms with Gasteiger partial charge in [-0.2, -0.15) is 0 Å². The minimum Gasteiger partial charge on any atom is -0.481 e. The highest BCUT2D eigenvalue weighted by atomic mass is 16.4. The van der Waals surface area contributed by atoms with Crippen LogP contribution in [0.5, 0.6) is 0 Å². The van der Waals surface area contributed by atoms with E-state index in [-0.39, 0.29) is 6.42 Å². The Morgan fingerprint density at radius 1 is 1.36 bits per heavy atom. The van der Waals surface area contributed by atoms with Crippen molar-refractivity contribution in [1.29, 1.82) is 0 Å². The first-order valence-corrected chi connectivity index (χ1v) is 4.66. The van der Waals surface area contributed by atoms with E-state index in [0.717, 1.165) is 12.8 Å². The van der Waals surface area contributed by atoms with Crippen LogP contribution in [0, 0.1) is 0 Å². The second kappa shape index (κ2) is 5.59. The van der Waals surface area contributed by atoms with E-state index in [4.69, 9.17) is 10.8 Å². The topological polar surface area (TPSA) is 101 Å². The van der Waals surface area contributed by atoms with Crippen LogP contribution in [0.3, 0.4) is 0 Å². The van der Waals surface area contributed by atoms with E-state index in [1.807, 2.05) is 6.92 Å². The van der Waals surface area contributed by atoms with Crippen LogP contribution in [0.2, 0.25) is 0 Å². The van der Waals surface area contributed by atoms with Crippen molar-refractivity contribution in [1.82, 2.24) is 0 Å². The Kier molecular flexibility index (Phi) is 5.15. The van der Waals surface area contributed by atoms with Gasteiger partial charge < -0.3 is 15.9 Å². The van der Waals surface area contributed by atoms with Gasteiger partial charge in [-0.3, -0.25) is 9.59 Å². The first-order valence-electron chi connectivity index (χ1n) is 4.66. The Bertz CT molecular complexity index is 217. The van der Waals surface area contributed by atoms with E-state index >= 15 is 0 Å². The number of nitrogens with two attached hydrogens (primary N) is 1. The van der Waals surface area contributed by atoms with Crippen molar-refractivity contribution in [2.24, 2.45) is 5.73 Å². The van der Waals surface area contributed by atoms with E-state index in [1.54, 1.807) is 0 Å². The average Bonchev–Trinajstić information content (AvgIpc) is 2.03. The Morgan fingerprint density at radius 2 is 1.93 bits per heavy atom. The van der Waals surface area contributed by atoms with Gasteiger partial charge in [0, 0.05) is 0 Å². The third-order valence-corrected chi connectivity index (χ3v) is 2.10. The molecule has 0 aromatic carbocycles. The molecule has 0 saturated carbocycles. The van der Waals surface area contributed by atoms with Gasteiger partial charge in [0.1, 0.15) is 0 Å². The number of hydrogen-bond donors (Lipinski definition) is 3. The summed E-state index contributed by atoms with van der Waals surface area (Å²) in [5, 5.41) is 18.1. The molecule has 82 valence electrons. The van der Waals surface area contributed by atoms with Gasteiger partial charge in [0.15, 0.2) is 5.60 Å². The third kappa shape index (κ3) is 4.23. The lowest BCUT2D eigenvalue weighted by molar-refractivity contribution is -0.151. The lowest BCUT2D eigenvalue weighted by Gasteiger charge is -2.22. The maximum Gasteiger partial charge on any atom is 0.306 e. The van der Waals surface area contributed by atoms with Crippen molar-refractivity contribution >= 4 is 11.9 Å². The molecule has 5 nitrogen and oxygen atoms in total. The molecule has 1 amide bonds. The van der Waals surface area contributed by atoms with Gasteiger partial charge in [0.25, 0.3) is 0 Å². The molecule has 0 aromatic heterocycles. The summed E-state index contributed by atoms with van der Waals surface area (Å²) in [6, 6.07) is 0. The number of primary amides is 1. The number of aliphatic hydroxyl groups is 1. The van der Waals surface area contributed by atoms with Crippen LogP contribution in [-0.2, 0) is 9.59 Å². The fourth-order valence-corrected chi connectivity index (χ4v) is 1.22. The number of rotatable bonds is 7. The highest BCUT2D eigenvalue weighted by molar-refractivity contribution is 5.87. The summed E-state index contributed by atoms with van der Waals surface area (Å²) >= 11 is 0. The normalized spacial score (nSPS) is 14.7. The summed E-state index contributed by atoms with van der Waals surface area (Å²) in [6.45, 7) is 1.97. The molecule has 5 heteroatoms. The highest BCUT2D eigenvalue weighted by Gasteiger charge is 2.35. The number of carbonyl (C=O) groups excluding carboxylic acids is 1. The molecule has 0 aliphatic carbocycles. The van der Waals surface area contributed by atoms with Gasteiger partial charge in [0.05, 0.1) is 6.42 Å². The first-order chi connectivity index (χ1) is 6.42. The van der Waals surface area contributed by atoms with Gasteiger partial charge >= 0.3 is 5.97 Å². The molecule has 1 unspecified atom stereocenters. The molecule has 4 N–H and O–H groups in total. The number of unbranched alkanes of at least 4 members (excludes halogenated alkanes) is 2. The van der Waals surface area contributed by atoms with E-state index in [1.165, 1.54) is 0 Å². The van der Waals surface area contributed by atoms with Crippen molar-refractivity contribution in [3.8, 4) is 0 Å². The summed E-state index contributed by atoms with van der Waals surface area (Å²) < 4.78 is 0. The molecule has 14 heavy (non-hydrogen) atoms. The Morgan fingerprint density at radius 3 is 2.29 bits per heavy atom. The quantitative estimate of drug-likeness (QED) is 0.516. The van der Waals surface area contributed by atoms with Crippen LogP contribution in [-0.4, -0.2) is 27.7 Å². The molecule has 0 aromatic rings. The van der Waals surface area contributed by atoms with Crippen LogP contribution in [0.15, 0.2) is 0 Å². The number of hydrogen-bond acceptors (Lipinski definition) is 3.